The second-order valence-electron chi connectivity index (χ2n) is 4.95. The Bertz CT molecular complexity index is 529. The Kier molecular flexibility index (Phi) is 3.93. The number of esters is 2. The van der Waals surface area contributed by atoms with E-state index >= 15 is 0 Å². The van der Waals surface area contributed by atoms with E-state index in [1.165, 1.54) is 14.2 Å². The third-order valence-electron chi connectivity index (χ3n) is 3.93. The molecule has 0 aromatic heterocycles. The van der Waals surface area contributed by atoms with Crippen molar-refractivity contribution in [3.63, 3.8) is 0 Å². The molecular formula is C16H18O4. The zero-order valence-electron chi connectivity index (χ0n) is 11.9. The highest BCUT2D eigenvalue weighted by Gasteiger charge is 2.57. The Morgan fingerprint density at radius 3 is 2.15 bits per heavy atom. The van der Waals surface area contributed by atoms with Gasteiger partial charge in [-0.2, -0.15) is 0 Å². The molecule has 0 bridgehead atoms. The third kappa shape index (κ3) is 2.01. The average molecular weight is 274 g/mol. The fraction of sp³-hybridized carbons (Fsp3) is 0.375. The fourth-order valence-electron chi connectivity index (χ4n) is 2.99. The van der Waals surface area contributed by atoms with E-state index in [4.69, 9.17) is 9.47 Å². The van der Waals surface area contributed by atoms with Crippen LogP contribution in [-0.2, 0) is 19.1 Å². The first-order chi connectivity index (χ1) is 9.57. The topological polar surface area (TPSA) is 52.6 Å². The minimum atomic E-state index is -1.31. The quantitative estimate of drug-likeness (QED) is 0.482. The number of carbonyl (C=O) groups is 2. The lowest BCUT2D eigenvalue weighted by Crippen LogP contribution is -2.44. The van der Waals surface area contributed by atoms with Gasteiger partial charge in [-0.05, 0) is 18.9 Å². The Hall–Kier alpha value is -2.10. The van der Waals surface area contributed by atoms with E-state index in [2.05, 4.69) is 0 Å². The molecule has 1 unspecified atom stereocenters. The van der Waals surface area contributed by atoms with Gasteiger partial charge in [0.15, 0.2) is 5.41 Å². The SMILES string of the molecule is COC(=O)C1(C(=O)OC)CC=C(C)C1c1ccccc1. The van der Waals surface area contributed by atoms with Crippen molar-refractivity contribution in [2.45, 2.75) is 19.3 Å². The molecule has 4 nitrogen and oxygen atoms in total. The van der Waals surface area contributed by atoms with Gasteiger partial charge in [0.25, 0.3) is 0 Å². The highest BCUT2D eigenvalue weighted by Crippen LogP contribution is 2.50. The lowest BCUT2D eigenvalue weighted by atomic mass is 9.71. The fourth-order valence-corrected chi connectivity index (χ4v) is 2.99. The second-order valence-corrected chi connectivity index (χ2v) is 4.95. The first-order valence-electron chi connectivity index (χ1n) is 6.46. The van der Waals surface area contributed by atoms with Crippen molar-refractivity contribution in [3.8, 4) is 0 Å². The molecule has 106 valence electrons. The standard InChI is InChI=1S/C16H18O4/c1-11-9-10-16(14(17)19-2,15(18)20-3)13(11)12-7-5-4-6-8-12/h4-9,13H,10H2,1-3H3. The highest BCUT2D eigenvalue weighted by molar-refractivity contribution is 6.02. The van der Waals surface area contributed by atoms with Crippen molar-refractivity contribution >= 4 is 11.9 Å². The molecule has 0 saturated heterocycles. The van der Waals surface area contributed by atoms with Gasteiger partial charge >= 0.3 is 11.9 Å². The third-order valence-corrected chi connectivity index (χ3v) is 3.93. The molecule has 1 aliphatic carbocycles. The molecule has 20 heavy (non-hydrogen) atoms. The van der Waals surface area contributed by atoms with E-state index in [1.54, 1.807) is 0 Å². The summed E-state index contributed by atoms with van der Waals surface area (Å²) < 4.78 is 9.77. The summed E-state index contributed by atoms with van der Waals surface area (Å²) in [6.07, 6.45) is 2.21. The molecule has 0 amide bonds. The van der Waals surface area contributed by atoms with Crippen LogP contribution in [0.1, 0.15) is 24.8 Å². The molecule has 4 heteroatoms. The summed E-state index contributed by atoms with van der Waals surface area (Å²) >= 11 is 0. The van der Waals surface area contributed by atoms with E-state index in [9.17, 15) is 9.59 Å². The number of ether oxygens (including phenoxy) is 2. The van der Waals surface area contributed by atoms with Crippen LogP contribution in [0.25, 0.3) is 0 Å². The molecule has 0 spiro atoms. The predicted molar refractivity (Wildman–Crippen MR) is 74.0 cm³/mol. The van der Waals surface area contributed by atoms with Gasteiger partial charge in [-0.15, -0.1) is 0 Å². The number of allylic oxidation sites excluding steroid dienone is 2. The van der Waals surface area contributed by atoms with Gasteiger partial charge in [0.1, 0.15) is 0 Å². The summed E-state index contributed by atoms with van der Waals surface area (Å²) in [5.74, 6) is -1.44. The number of methoxy groups -OCH3 is 2. The van der Waals surface area contributed by atoms with Gasteiger partial charge in [-0.25, -0.2) is 0 Å². The van der Waals surface area contributed by atoms with E-state index in [0.717, 1.165) is 11.1 Å². The van der Waals surface area contributed by atoms with Crippen molar-refractivity contribution in [2.75, 3.05) is 14.2 Å². The first kappa shape index (κ1) is 14.3. The lowest BCUT2D eigenvalue weighted by Gasteiger charge is -2.31. The maximum absolute atomic E-state index is 12.3. The van der Waals surface area contributed by atoms with Gasteiger partial charge < -0.3 is 9.47 Å². The van der Waals surface area contributed by atoms with E-state index in [-0.39, 0.29) is 5.92 Å². The molecular weight excluding hydrogens is 256 g/mol. The molecule has 1 aliphatic rings. The van der Waals surface area contributed by atoms with E-state index in [0.29, 0.717) is 6.42 Å². The predicted octanol–water partition coefficient (Wildman–Crippen LogP) is 2.45. The van der Waals surface area contributed by atoms with Crippen LogP contribution in [0, 0.1) is 5.41 Å². The summed E-state index contributed by atoms with van der Waals surface area (Å²) in [7, 11) is 2.59. The van der Waals surface area contributed by atoms with Crippen LogP contribution in [0.4, 0.5) is 0 Å². The maximum Gasteiger partial charge on any atom is 0.324 e. The van der Waals surface area contributed by atoms with E-state index < -0.39 is 17.4 Å². The average Bonchev–Trinajstić information content (AvgIpc) is 2.85. The zero-order valence-corrected chi connectivity index (χ0v) is 11.9. The number of hydrogen-bond donors (Lipinski definition) is 0. The van der Waals surface area contributed by atoms with Crippen LogP contribution in [0.5, 0.6) is 0 Å². The summed E-state index contributed by atoms with van der Waals surface area (Å²) in [6, 6.07) is 9.50. The van der Waals surface area contributed by atoms with Crippen LogP contribution in [0.3, 0.4) is 0 Å². The highest BCUT2D eigenvalue weighted by atomic mass is 16.5. The maximum atomic E-state index is 12.3. The molecule has 0 N–H and O–H groups in total. The normalized spacial score (nSPS) is 20.1. The monoisotopic (exact) mass is 274 g/mol. The molecule has 0 radical (unpaired) electrons. The molecule has 2 rings (SSSR count). The van der Waals surface area contributed by atoms with Gasteiger partial charge in [0.2, 0.25) is 0 Å². The van der Waals surface area contributed by atoms with Crippen LogP contribution in [-0.4, -0.2) is 26.2 Å². The molecule has 1 aromatic carbocycles. The van der Waals surface area contributed by atoms with Crippen molar-refractivity contribution < 1.29 is 19.1 Å². The minimum Gasteiger partial charge on any atom is -0.468 e. The summed E-state index contributed by atoms with van der Waals surface area (Å²) in [5, 5.41) is 0. The smallest absolute Gasteiger partial charge is 0.324 e. The van der Waals surface area contributed by atoms with Gasteiger partial charge in [0, 0.05) is 5.92 Å². The number of benzene rings is 1. The van der Waals surface area contributed by atoms with Crippen molar-refractivity contribution in [2.24, 2.45) is 5.41 Å². The molecule has 0 fully saturated rings. The van der Waals surface area contributed by atoms with Gasteiger partial charge in [-0.1, -0.05) is 42.0 Å². The number of rotatable bonds is 3. The molecule has 0 heterocycles. The van der Waals surface area contributed by atoms with Crippen molar-refractivity contribution in [3.05, 3.63) is 47.5 Å². The molecule has 0 saturated carbocycles. The van der Waals surface area contributed by atoms with E-state index in [1.807, 2.05) is 43.3 Å². The van der Waals surface area contributed by atoms with Crippen molar-refractivity contribution in [1.82, 2.24) is 0 Å². The number of hydrogen-bond acceptors (Lipinski definition) is 4. The lowest BCUT2D eigenvalue weighted by molar-refractivity contribution is -0.169. The largest absolute Gasteiger partial charge is 0.468 e. The van der Waals surface area contributed by atoms with Crippen LogP contribution >= 0.6 is 0 Å². The van der Waals surface area contributed by atoms with Gasteiger partial charge in [0.05, 0.1) is 14.2 Å². The summed E-state index contributed by atoms with van der Waals surface area (Å²) in [6.45, 7) is 1.92. The molecule has 1 aromatic rings. The molecule has 1 atom stereocenters. The summed E-state index contributed by atoms with van der Waals surface area (Å²) in [5.41, 5.74) is 0.580. The number of carbonyl (C=O) groups excluding carboxylic acids is 2. The van der Waals surface area contributed by atoms with Gasteiger partial charge in [-0.3, -0.25) is 9.59 Å². The van der Waals surface area contributed by atoms with Crippen LogP contribution in [0.15, 0.2) is 42.0 Å². The summed E-state index contributed by atoms with van der Waals surface area (Å²) in [4.78, 5) is 24.6. The zero-order chi connectivity index (χ0) is 14.8. The van der Waals surface area contributed by atoms with Crippen LogP contribution < -0.4 is 0 Å². The Morgan fingerprint density at radius 2 is 1.65 bits per heavy atom. The second kappa shape index (κ2) is 5.49. The van der Waals surface area contributed by atoms with Crippen molar-refractivity contribution in [1.29, 1.82) is 0 Å². The Labute approximate surface area is 118 Å². The Morgan fingerprint density at radius 1 is 1.10 bits per heavy atom. The molecule has 0 aliphatic heterocycles. The Balaban J connectivity index is 2.57. The van der Waals surface area contributed by atoms with Crippen LogP contribution in [0.2, 0.25) is 0 Å². The minimum absolute atomic E-state index is 0.303. The first-order valence-corrected chi connectivity index (χ1v) is 6.46.